The number of ether oxygens (including phenoxy) is 1. The Balaban J connectivity index is 1.13. The zero-order valence-corrected chi connectivity index (χ0v) is 31.0. The quantitative estimate of drug-likeness (QED) is 0.151. The van der Waals surface area contributed by atoms with Gasteiger partial charge in [0, 0.05) is 67.2 Å². The van der Waals surface area contributed by atoms with Crippen LogP contribution in [0.15, 0.2) is 79.3 Å². The number of rotatable bonds is 8. The van der Waals surface area contributed by atoms with Gasteiger partial charge >= 0.3 is 12.1 Å². The molecule has 14 heteroatoms. The van der Waals surface area contributed by atoms with Gasteiger partial charge < -0.3 is 24.6 Å². The predicted octanol–water partition coefficient (Wildman–Crippen LogP) is 8.33. The van der Waals surface area contributed by atoms with Gasteiger partial charge in [0.05, 0.1) is 16.8 Å². The van der Waals surface area contributed by atoms with Crippen molar-refractivity contribution in [1.29, 1.82) is 0 Å². The number of amides is 1. The van der Waals surface area contributed by atoms with E-state index in [-0.39, 0.29) is 17.7 Å². The second kappa shape index (κ2) is 14.5. The highest BCUT2D eigenvalue weighted by atomic mass is 19.4. The first-order valence-corrected chi connectivity index (χ1v) is 19.0. The number of benzene rings is 2. The highest BCUT2D eigenvalue weighted by molar-refractivity contribution is 6.01. The third-order valence-corrected chi connectivity index (χ3v) is 12.0. The van der Waals surface area contributed by atoms with Crippen molar-refractivity contribution >= 4 is 28.7 Å². The fraction of sp³-hybridized carbons (Fsp3) is 0.405. The predicted molar refractivity (Wildman–Crippen MR) is 201 cm³/mol. The molecule has 2 aliphatic carbocycles. The number of piperidine rings is 1. The van der Waals surface area contributed by atoms with E-state index in [4.69, 9.17) is 4.74 Å². The largest absolute Gasteiger partial charge is 0.490 e. The number of hydrogen-bond acceptors (Lipinski definition) is 7. The Labute approximate surface area is 320 Å². The van der Waals surface area contributed by atoms with E-state index in [0.717, 1.165) is 12.5 Å². The summed E-state index contributed by atoms with van der Waals surface area (Å²) in [5, 5.41) is 13.7. The molecule has 0 spiro atoms. The number of carboxylic acids is 1. The lowest BCUT2D eigenvalue weighted by Gasteiger charge is -2.52. The molecule has 292 valence electrons. The number of aliphatic carboxylic acids is 1. The van der Waals surface area contributed by atoms with Crippen LogP contribution in [0.5, 0.6) is 5.75 Å². The molecule has 2 saturated carbocycles. The Morgan fingerprint density at radius 1 is 0.946 bits per heavy atom. The molecule has 3 fully saturated rings. The lowest BCUT2D eigenvalue weighted by molar-refractivity contribution is -0.155. The highest BCUT2D eigenvalue weighted by Gasteiger charge is 2.57. The maximum absolute atomic E-state index is 14.9. The van der Waals surface area contributed by atoms with Gasteiger partial charge in [-0.3, -0.25) is 4.79 Å². The number of halogens is 4. The van der Waals surface area contributed by atoms with Crippen LogP contribution in [-0.2, 0) is 11.0 Å². The summed E-state index contributed by atoms with van der Waals surface area (Å²) in [5.74, 6) is -2.03. The van der Waals surface area contributed by atoms with Crippen molar-refractivity contribution in [3.8, 4) is 22.7 Å². The fourth-order valence-corrected chi connectivity index (χ4v) is 9.47. The number of pyridine rings is 1. The summed E-state index contributed by atoms with van der Waals surface area (Å²) in [6.07, 6.45) is 3.92. The van der Waals surface area contributed by atoms with Gasteiger partial charge in [-0.2, -0.15) is 13.2 Å². The van der Waals surface area contributed by atoms with Gasteiger partial charge in [-0.05, 0) is 97.9 Å². The summed E-state index contributed by atoms with van der Waals surface area (Å²) in [6.45, 7) is 5.18. The summed E-state index contributed by atoms with van der Waals surface area (Å²) < 4.78 is 67.2. The molecule has 3 aromatic heterocycles. The van der Waals surface area contributed by atoms with E-state index in [2.05, 4.69) is 25.2 Å². The van der Waals surface area contributed by atoms with Crippen molar-refractivity contribution in [2.75, 3.05) is 18.0 Å². The minimum absolute atomic E-state index is 0.0684. The highest BCUT2D eigenvalue weighted by Crippen LogP contribution is 2.50. The SMILES string of the molecule is CC1CC2CC(C)C(NC(=O)c3ccc(-c4cn(-c5cccc(F)c5)c5cc(OC6CCN(c7ncccn7)CC6)ccc45)nc3C(F)(F)F)(C(=O)O)C(C1)C2. The number of nitrogens with one attached hydrogen (secondary N) is 1. The number of carbonyl (C=O) groups excluding carboxylic acids is 1. The number of fused-ring (bicyclic) bond motifs is 3. The minimum Gasteiger partial charge on any atom is -0.490 e. The van der Waals surface area contributed by atoms with E-state index in [0.29, 0.717) is 85.0 Å². The molecule has 5 aromatic rings. The number of carboxylic acid groups (broad SMARTS) is 1. The lowest BCUT2D eigenvalue weighted by atomic mass is 9.56. The average molecular weight is 771 g/mol. The monoisotopic (exact) mass is 770 g/mol. The van der Waals surface area contributed by atoms with Gasteiger partial charge in [-0.25, -0.2) is 24.1 Å². The van der Waals surface area contributed by atoms with Crippen molar-refractivity contribution in [2.45, 2.75) is 70.2 Å². The second-order valence-corrected chi connectivity index (χ2v) is 15.7. The molecule has 2 bridgehead atoms. The minimum atomic E-state index is -5.05. The molecule has 4 heterocycles. The van der Waals surface area contributed by atoms with Crippen LogP contribution in [0.1, 0.15) is 68.4 Å². The molecule has 1 amide bonds. The number of aromatic nitrogens is 4. The van der Waals surface area contributed by atoms with Crippen molar-refractivity contribution in [3.05, 3.63) is 96.3 Å². The van der Waals surface area contributed by atoms with Crippen LogP contribution in [0, 0.1) is 29.5 Å². The Kier molecular flexibility index (Phi) is 9.70. The van der Waals surface area contributed by atoms with E-state index in [1.807, 2.05) is 6.92 Å². The molecule has 5 unspecified atom stereocenters. The van der Waals surface area contributed by atoms with Crippen LogP contribution in [0.2, 0.25) is 0 Å². The number of anilines is 1. The number of carbonyl (C=O) groups is 2. The maximum Gasteiger partial charge on any atom is 0.434 e. The Bertz CT molecular complexity index is 2270. The van der Waals surface area contributed by atoms with Gasteiger partial charge in [0.25, 0.3) is 5.91 Å². The van der Waals surface area contributed by atoms with Crippen LogP contribution in [0.3, 0.4) is 0 Å². The van der Waals surface area contributed by atoms with E-state index in [1.165, 1.54) is 18.2 Å². The van der Waals surface area contributed by atoms with Gasteiger partial charge in [0.1, 0.15) is 23.2 Å². The normalized spacial score (nSPS) is 24.2. The van der Waals surface area contributed by atoms with Crippen molar-refractivity contribution < 1.29 is 37.0 Å². The average Bonchev–Trinajstić information content (AvgIpc) is 3.55. The molecule has 1 saturated heterocycles. The lowest BCUT2D eigenvalue weighted by Crippen LogP contribution is -2.66. The van der Waals surface area contributed by atoms with E-state index in [1.54, 1.807) is 66.5 Å². The van der Waals surface area contributed by atoms with Crippen LogP contribution in [-0.4, -0.2) is 61.2 Å². The van der Waals surface area contributed by atoms with Gasteiger partial charge in [0.15, 0.2) is 5.69 Å². The Morgan fingerprint density at radius 2 is 1.71 bits per heavy atom. The summed E-state index contributed by atoms with van der Waals surface area (Å²) in [6, 6.07) is 15.3. The zero-order valence-electron chi connectivity index (χ0n) is 31.0. The Hall–Kier alpha value is -5.53. The van der Waals surface area contributed by atoms with Crippen LogP contribution < -0.4 is 15.0 Å². The summed E-state index contributed by atoms with van der Waals surface area (Å²) in [4.78, 5) is 41.6. The van der Waals surface area contributed by atoms with Crippen molar-refractivity contribution in [2.24, 2.45) is 23.7 Å². The fourth-order valence-electron chi connectivity index (χ4n) is 9.47. The molecular formula is C42H42F4N6O4. The molecular weight excluding hydrogens is 728 g/mol. The first-order valence-electron chi connectivity index (χ1n) is 19.0. The van der Waals surface area contributed by atoms with Gasteiger partial charge in [0.2, 0.25) is 5.95 Å². The molecule has 1 aliphatic heterocycles. The summed E-state index contributed by atoms with van der Waals surface area (Å²) >= 11 is 0. The van der Waals surface area contributed by atoms with Gasteiger partial charge in [-0.15, -0.1) is 0 Å². The molecule has 3 aliphatic rings. The summed E-state index contributed by atoms with van der Waals surface area (Å²) in [5.41, 5.74) is -2.67. The molecule has 2 N–H and O–H groups in total. The molecule has 8 rings (SSSR count). The molecule has 10 nitrogen and oxygen atoms in total. The zero-order chi connectivity index (χ0) is 39.4. The number of alkyl halides is 3. The topological polar surface area (TPSA) is 122 Å². The smallest absolute Gasteiger partial charge is 0.434 e. The van der Waals surface area contributed by atoms with Crippen LogP contribution >= 0.6 is 0 Å². The van der Waals surface area contributed by atoms with E-state index >= 15 is 0 Å². The van der Waals surface area contributed by atoms with E-state index < -0.39 is 52.5 Å². The first kappa shape index (κ1) is 37.4. The molecule has 56 heavy (non-hydrogen) atoms. The number of nitrogens with zero attached hydrogens (tertiary/aromatic N) is 5. The standard InChI is InChI=1S/C42H42F4N6O4/c1-24-17-26-19-25(2)41(39(54)55,27(18-24)20-26)50-38(53)33-9-10-35(49-37(33)42(44,45)46)34-23-52(29-6-3-5-28(43)21-29)36-22-31(7-8-32(34)36)56-30-11-15-51(16-12-30)40-47-13-4-14-48-40/h3-10,13-14,21-27,30H,11-12,15-20H2,1-2H3,(H,50,53)(H,54,55). The number of hydrogen-bond donors (Lipinski definition) is 2. The van der Waals surface area contributed by atoms with Gasteiger partial charge in [-0.1, -0.05) is 19.9 Å². The van der Waals surface area contributed by atoms with E-state index in [9.17, 15) is 32.3 Å². The van der Waals surface area contributed by atoms with Crippen LogP contribution in [0.25, 0.3) is 27.8 Å². The van der Waals surface area contributed by atoms with Crippen LogP contribution in [0.4, 0.5) is 23.5 Å². The molecule has 0 radical (unpaired) electrons. The first-order chi connectivity index (χ1) is 26.8. The molecule has 5 atom stereocenters. The van der Waals surface area contributed by atoms with Crippen molar-refractivity contribution in [1.82, 2.24) is 24.8 Å². The Morgan fingerprint density at radius 3 is 2.43 bits per heavy atom. The third-order valence-electron chi connectivity index (χ3n) is 12.0. The second-order valence-electron chi connectivity index (χ2n) is 15.7. The summed E-state index contributed by atoms with van der Waals surface area (Å²) in [7, 11) is 0. The molecule has 2 aromatic carbocycles. The maximum atomic E-state index is 14.9. The van der Waals surface area contributed by atoms with Crippen molar-refractivity contribution in [3.63, 3.8) is 0 Å². The third kappa shape index (κ3) is 6.94.